The van der Waals surface area contributed by atoms with Crippen molar-refractivity contribution >= 4 is 56.2 Å². The summed E-state index contributed by atoms with van der Waals surface area (Å²) in [7, 11) is -5.03. The van der Waals surface area contributed by atoms with E-state index in [9.17, 15) is 27.9 Å². The van der Waals surface area contributed by atoms with E-state index in [4.69, 9.17) is 25.3 Å². The first-order valence-corrected chi connectivity index (χ1v) is 18.3. The summed E-state index contributed by atoms with van der Waals surface area (Å²) in [5, 5.41) is 33.7. The standard InChI is InChI=1S/C30H39N9O10S2/c1-29(2)23(26(41)39(29)49-51(44,45)46)36-25(40)22(19-14-50-28(32)35-19)37-48-30(3,27(42)43)21-7-5-15-10-16(4-6-20(15)47-21)24(31)33-8-9-38-13-17-11-18(38)12-34-17/h4,6,10,14,17-18,21,23,34H,5,7-9,11-13H2,1-3H3,(H2,31,33)(H2,32,35)(H,36,40)(H,42,43)(H,44,45,46)/b37-22-/t17-,18-,21-,23-,30+/m1/s1. The highest BCUT2D eigenvalue weighted by Crippen LogP contribution is 2.35. The summed E-state index contributed by atoms with van der Waals surface area (Å²) in [6, 6.07) is 5.00. The minimum Gasteiger partial charge on any atom is -0.485 e. The summed E-state index contributed by atoms with van der Waals surface area (Å²) in [5.74, 6) is -2.76. The molecular weight excluding hydrogens is 711 g/mol. The van der Waals surface area contributed by atoms with Crippen LogP contribution in [0.3, 0.4) is 0 Å². The molecule has 4 aliphatic rings. The summed E-state index contributed by atoms with van der Waals surface area (Å²) in [5.41, 5.74) is 3.06. The van der Waals surface area contributed by atoms with Crippen molar-refractivity contribution in [1.29, 1.82) is 5.41 Å². The average molecular weight is 750 g/mol. The van der Waals surface area contributed by atoms with Gasteiger partial charge in [0.15, 0.2) is 16.9 Å². The van der Waals surface area contributed by atoms with Crippen LogP contribution in [0.4, 0.5) is 5.13 Å². The van der Waals surface area contributed by atoms with Crippen molar-refractivity contribution in [2.75, 3.05) is 31.9 Å². The third kappa shape index (κ3) is 7.35. The number of thiazole rings is 1. The van der Waals surface area contributed by atoms with Crippen molar-refractivity contribution in [2.45, 2.75) is 75.4 Å². The van der Waals surface area contributed by atoms with Gasteiger partial charge in [0.05, 0.1) is 5.54 Å². The highest BCUT2D eigenvalue weighted by atomic mass is 32.3. The van der Waals surface area contributed by atoms with E-state index in [2.05, 4.69) is 35.3 Å². The lowest BCUT2D eigenvalue weighted by Crippen LogP contribution is -2.76. The Morgan fingerprint density at radius 2 is 2.12 bits per heavy atom. The molecule has 1 aromatic carbocycles. The van der Waals surface area contributed by atoms with E-state index >= 15 is 0 Å². The third-order valence-electron chi connectivity index (χ3n) is 9.63. The third-order valence-corrected chi connectivity index (χ3v) is 10.6. The number of carbonyl (C=O) groups is 3. The van der Waals surface area contributed by atoms with Crippen LogP contribution in [0, 0.1) is 5.41 Å². The number of nitrogen functional groups attached to an aromatic ring is 1. The number of aromatic nitrogens is 1. The fourth-order valence-corrected chi connectivity index (χ4v) is 7.68. The molecule has 51 heavy (non-hydrogen) atoms. The van der Waals surface area contributed by atoms with Gasteiger partial charge in [0.1, 0.15) is 23.3 Å². The second kappa shape index (κ2) is 13.6. The van der Waals surface area contributed by atoms with Crippen LogP contribution in [0.25, 0.3) is 0 Å². The molecule has 21 heteroatoms. The van der Waals surface area contributed by atoms with Gasteiger partial charge >= 0.3 is 16.4 Å². The number of hydrogen-bond acceptors (Lipinski definition) is 15. The number of aliphatic carboxylic acids is 1. The largest absolute Gasteiger partial charge is 0.485 e. The second-order valence-electron chi connectivity index (χ2n) is 13.5. The van der Waals surface area contributed by atoms with Crippen molar-refractivity contribution in [2.24, 2.45) is 5.16 Å². The number of hydroxylamine groups is 2. The number of nitrogens with zero attached hydrogens (tertiary/aromatic N) is 4. The fourth-order valence-electron chi connectivity index (χ4n) is 6.68. The number of carbonyl (C=O) groups excluding carboxylic acids is 2. The van der Waals surface area contributed by atoms with Crippen LogP contribution in [0.5, 0.6) is 5.75 Å². The molecule has 4 aliphatic heterocycles. The molecule has 0 aliphatic carbocycles. The highest BCUT2D eigenvalue weighted by molar-refractivity contribution is 7.80. The molecule has 5 heterocycles. The minimum absolute atomic E-state index is 0.0603. The zero-order valence-electron chi connectivity index (χ0n) is 27.9. The lowest BCUT2D eigenvalue weighted by atomic mass is 9.84. The van der Waals surface area contributed by atoms with Crippen LogP contribution in [0.1, 0.15) is 50.4 Å². The summed E-state index contributed by atoms with van der Waals surface area (Å²) in [4.78, 5) is 50.9. The number of hydrogen-bond donors (Lipinski definition) is 7. The monoisotopic (exact) mass is 749 g/mol. The lowest BCUT2D eigenvalue weighted by molar-refractivity contribution is -0.218. The van der Waals surface area contributed by atoms with Crippen LogP contribution in [-0.2, 0) is 40.3 Å². The number of piperazine rings is 1. The number of ether oxygens (including phenoxy) is 1. The number of benzene rings is 1. The van der Waals surface area contributed by atoms with Gasteiger partial charge in [-0.05, 0) is 63.8 Å². The van der Waals surface area contributed by atoms with Gasteiger partial charge < -0.3 is 36.4 Å². The molecule has 8 N–H and O–H groups in total. The van der Waals surface area contributed by atoms with Gasteiger partial charge in [-0.3, -0.25) is 24.5 Å². The predicted octanol–water partition coefficient (Wildman–Crippen LogP) is -0.516. The second-order valence-corrected chi connectivity index (χ2v) is 15.4. The summed E-state index contributed by atoms with van der Waals surface area (Å²) >= 11 is 0.967. The molecule has 2 amide bonds. The number of aryl methyl sites for hydroxylation is 1. The maximum atomic E-state index is 13.5. The minimum atomic E-state index is -5.03. The van der Waals surface area contributed by atoms with E-state index in [1.165, 1.54) is 32.6 Å². The Morgan fingerprint density at radius 3 is 2.73 bits per heavy atom. The number of nitrogens with two attached hydrogens (primary N) is 1. The van der Waals surface area contributed by atoms with E-state index in [1.807, 2.05) is 6.07 Å². The molecule has 2 bridgehead atoms. The van der Waals surface area contributed by atoms with Crippen LogP contribution in [-0.4, -0.2) is 124 Å². The zero-order chi connectivity index (χ0) is 36.9. The van der Waals surface area contributed by atoms with Gasteiger partial charge in [0, 0.05) is 49.2 Å². The van der Waals surface area contributed by atoms with Gasteiger partial charge in [0.25, 0.3) is 17.4 Å². The fraction of sp³-hybridized carbons (Fsp3) is 0.533. The number of β-lactam (4-membered cyclic amide) rings is 1. The first-order chi connectivity index (χ1) is 24.0. The molecule has 6 rings (SSSR count). The maximum absolute atomic E-state index is 13.5. The molecule has 3 fully saturated rings. The van der Waals surface area contributed by atoms with Crippen molar-refractivity contribution in [3.05, 3.63) is 40.4 Å². The molecular formula is C30H39N9O10S2. The Balaban J connectivity index is 1.13. The van der Waals surface area contributed by atoms with E-state index in [0.717, 1.165) is 36.5 Å². The average Bonchev–Trinajstić information content (AvgIpc) is 3.83. The van der Waals surface area contributed by atoms with Crippen molar-refractivity contribution in [1.82, 2.24) is 30.9 Å². The van der Waals surface area contributed by atoms with E-state index < -0.39 is 57.2 Å². The van der Waals surface area contributed by atoms with Gasteiger partial charge in [-0.1, -0.05) is 5.16 Å². The first-order valence-electron chi connectivity index (χ1n) is 16.1. The topological polar surface area (TPSA) is 271 Å². The number of amidine groups is 1. The van der Waals surface area contributed by atoms with Crippen LogP contribution < -0.4 is 26.4 Å². The molecule has 0 unspecified atom stereocenters. The van der Waals surface area contributed by atoms with E-state index in [-0.39, 0.29) is 23.1 Å². The molecule has 19 nitrogen and oxygen atoms in total. The summed E-state index contributed by atoms with van der Waals surface area (Å²) in [6.07, 6.45) is 0.695. The SMILES string of the molecule is CC1(C)[C@H](NC(=O)/C(=N\O[C@](C)(C(=O)O)[C@H]2CCc3cc(C(=N)NCCN4C[C@H]5C[C@@H]4CN5)ccc3O2)c2csc(N)n2)C(=O)N1OS(=O)(=O)O. The van der Waals surface area contributed by atoms with Gasteiger partial charge in [-0.15, -0.1) is 15.6 Å². The Hall–Kier alpha value is -4.41. The predicted molar refractivity (Wildman–Crippen MR) is 181 cm³/mol. The zero-order valence-corrected chi connectivity index (χ0v) is 29.5. The number of oxime groups is 1. The molecule has 1 aromatic heterocycles. The Labute approximate surface area is 296 Å². The van der Waals surface area contributed by atoms with E-state index in [1.54, 1.807) is 12.1 Å². The number of rotatable bonds is 13. The van der Waals surface area contributed by atoms with Gasteiger partial charge in [0.2, 0.25) is 0 Å². The van der Waals surface area contributed by atoms with Crippen molar-refractivity contribution < 1.29 is 46.3 Å². The van der Waals surface area contributed by atoms with Crippen LogP contribution in [0.2, 0.25) is 0 Å². The number of anilines is 1. The Bertz CT molecular complexity index is 1890. The normalized spacial score (nSPS) is 25.3. The number of fused-ring (bicyclic) bond motifs is 3. The molecule has 5 atom stereocenters. The van der Waals surface area contributed by atoms with Crippen LogP contribution in [0.15, 0.2) is 28.7 Å². The molecule has 2 aromatic rings. The first kappa shape index (κ1) is 36.4. The van der Waals surface area contributed by atoms with Gasteiger partial charge in [-0.25, -0.2) is 9.78 Å². The molecule has 3 saturated heterocycles. The van der Waals surface area contributed by atoms with Crippen LogP contribution >= 0.6 is 11.3 Å². The smallest absolute Gasteiger partial charge is 0.418 e. The highest BCUT2D eigenvalue weighted by Gasteiger charge is 2.58. The molecule has 0 radical (unpaired) electrons. The van der Waals surface area contributed by atoms with Gasteiger partial charge in [-0.2, -0.15) is 13.5 Å². The van der Waals surface area contributed by atoms with Crippen molar-refractivity contribution in [3.63, 3.8) is 0 Å². The Kier molecular flexibility index (Phi) is 9.71. The lowest BCUT2D eigenvalue weighted by Gasteiger charge is -2.50. The summed E-state index contributed by atoms with van der Waals surface area (Å²) < 4.78 is 41.8. The number of nitrogens with one attached hydrogen (secondary N) is 4. The number of likely N-dealkylation sites (tertiary alicyclic amines) is 1. The maximum Gasteiger partial charge on any atom is 0.418 e. The number of carboxylic acid groups (broad SMARTS) is 1. The molecule has 276 valence electrons. The molecule has 0 spiro atoms. The molecule has 0 saturated carbocycles. The number of carboxylic acids is 1. The quantitative estimate of drug-likeness (QED) is 0.0447. The Morgan fingerprint density at radius 1 is 1.35 bits per heavy atom. The summed E-state index contributed by atoms with van der Waals surface area (Å²) in [6.45, 7) is 7.50. The van der Waals surface area contributed by atoms with E-state index in [0.29, 0.717) is 41.4 Å². The number of amides is 2. The van der Waals surface area contributed by atoms with Crippen molar-refractivity contribution in [3.8, 4) is 5.75 Å².